The molecule has 1 aromatic carbocycles. The van der Waals surface area contributed by atoms with Gasteiger partial charge in [-0.2, -0.15) is 4.98 Å². The van der Waals surface area contributed by atoms with Crippen LogP contribution in [0.2, 0.25) is 0 Å². The zero-order valence-electron chi connectivity index (χ0n) is 15.8. The summed E-state index contributed by atoms with van der Waals surface area (Å²) in [7, 11) is 3.24. The van der Waals surface area contributed by atoms with E-state index in [1.165, 1.54) is 17.9 Å². The number of hydrogen-bond donors (Lipinski definition) is 3. The molecule has 10 nitrogen and oxygen atoms in total. The van der Waals surface area contributed by atoms with E-state index in [1.54, 1.807) is 36.2 Å². The quantitative estimate of drug-likeness (QED) is 0.521. The molecular formula is C18H21N7O3. The van der Waals surface area contributed by atoms with Gasteiger partial charge in [-0.1, -0.05) is 13.0 Å². The molecule has 10 heteroatoms. The van der Waals surface area contributed by atoms with Gasteiger partial charge >= 0.3 is 5.69 Å². The largest absolute Gasteiger partial charge is 0.497 e. The third kappa shape index (κ3) is 3.20. The number of carbonyl (C=O) groups excluding carboxylic acids is 1. The summed E-state index contributed by atoms with van der Waals surface area (Å²) in [6, 6.07) is 6.62. The Morgan fingerprint density at radius 1 is 1.46 bits per heavy atom. The summed E-state index contributed by atoms with van der Waals surface area (Å²) in [5.41, 5.74) is 5.79. The Labute approximate surface area is 160 Å². The van der Waals surface area contributed by atoms with Gasteiger partial charge in [-0.05, 0) is 18.6 Å². The van der Waals surface area contributed by atoms with Gasteiger partial charge in [0.1, 0.15) is 11.3 Å². The summed E-state index contributed by atoms with van der Waals surface area (Å²) in [5, 5.41) is 7.58. The maximum atomic E-state index is 12.6. The van der Waals surface area contributed by atoms with Crippen molar-refractivity contribution < 1.29 is 9.53 Å². The number of nitrogens with zero attached hydrogens (tertiary/aromatic N) is 4. The number of benzene rings is 1. The highest BCUT2D eigenvalue weighted by Gasteiger charge is 2.22. The number of aromatic amines is 1. The number of carbonyl (C=O) groups is 1. The maximum Gasteiger partial charge on any atom is 0.332 e. The molecule has 1 atom stereocenters. The Hall–Kier alpha value is -3.69. The lowest BCUT2D eigenvalue weighted by Crippen LogP contribution is -2.34. The van der Waals surface area contributed by atoms with E-state index in [9.17, 15) is 9.59 Å². The van der Waals surface area contributed by atoms with Gasteiger partial charge < -0.3 is 25.8 Å². The van der Waals surface area contributed by atoms with Gasteiger partial charge in [0.2, 0.25) is 5.95 Å². The molecule has 2 heterocycles. The minimum absolute atomic E-state index is 0.0922. The van der Waals surface area contributed by atoms with E-state index in [-0.39, 0.29) is 28.8 Å². The lowest BCUT2D eigenvalue weighted by Gasteiger charge is -2.24. The molecule has 146 valence electrons. The molecular weight excluding hydrogens is 362 g/mol. The average molecular weight is 383 g/mol. The summed E-state index contributed by atoms with van der Waals surface area (Å²) in [4.78, 5) is 37.6. The molecule has 0 saturated heterocycles. The second-order valence-electron chi connectivity index (χ2n) is 6.16. The molecule has 0 fully saturated rings. The van der Waals surface area contributed by atoms with E-state index >= 15 is 0 Å². The highest BCUT2D eigenvalue weighted by Crippen LogP contribution is 2.22. The van der Waals surface area contributed by atoms with Gasteiger partial charge in [-0.15, -0.1) is 0 Å². The lowest BCUT2D eigenvalue weighted by molar-refractivity contribution is 0.0997. The number of imidazole rings is 1. The van der Waals surface area contributed by atoms with Crippen LogP contribution in [-0.4, -0.2) is 51.8 Å². The van der Waals surface area contributed by atoms with Crippen molar-refractivity contribution in [1.29, 1.82) is 5.41 Å². The highest BCUT2D eigenvalue weighted by atomic mass is 16.5. The van der Waals surface area contributed by atoms with Crippen molar-refractivity contribution in [2.45, 2.75) is 19.4 Å². The first-order chi connectivity index (χ1) is 13.4. The van der Waals surface area contributed by atoms with E-state index < -0.39 is 11.6 Å². The number of nitrogens with one attached hydrogen (secondary N) is 2. The fourth-order valence-corrected chi connectivity index (χ4v) is 2.95. The van der Waals surface area contributed by atoms with Crippen LogP contribution in [0, 0.1) is 5.41 Å². The summed E-state index contributed by atoms with van der Waals surface area (Å²) in [6.07, 6.45) is 1.91. The molecule has 2 aromatic heterocycles. The normalized spacial score (nSPS) is 12.0. The van der Waals surface area contributed by atoms with Crippen LogP contribution in [0.3, 0.4) is 0 Å². The number of rotatable bonds is 7. The third-order valence-electron chi connectivity index (χ3n) is 4.49. The molecule has 0 spiro atoms. The number of H-pyrrole nitrogens is 1. The van der Waals surface area contributed by atoms with Crippen LogP contribution in [0.15, 0.2) is 29.1 Å². The van der Waals surface area contributed by atoms with Crippen molar-refractivity contribution in [3.63, 3.8) is 0 Å². The minimum atomic E-state index is -0.788. The van der Waals surface area contributed by atoms with Gasteiger partial charge in [0, 0.05) is 19.3 Å². The second-order valence-corrected chi connectivity index (χ2v) is 6.16. The summed E-state index contributed by atoms with van der Waals surface area (Å²) in [5.74, 6) is -0.0357. The molecule has 0 aliphatic heterocycles. The van der Waals surface area contributed by atoms with E-state index in [0.717, 1.165) is 0 Å². The predicted molar refractivity (Wildman–Crippen MR) is 106 cm³/mol. The Kier molecular flexibility index (Phi) is 5.12. The third-order valence-corrected chi connectivity index (χ3v) is 4.49. The van der Waals surface area contributed by atoms with E-state index in [0.29, 0.717) is 17.9 Å². The first-order valence-corrected chi connectivity index (χ1v) is 8.61. The van der Waals surface area contributed by atoms with Crippen molar-refractivity contribution >= 4 is 29.2 Å². The molecule has 0 unspecified atom stereocenters. The molecule has 28 heavy (non-hydrogen) atoms. The van der Waals surface area contributed by atoms with Crippen molar-refractivity contribution in [3.8, 4) is 11.4 Å². The standard InChI is InChI=1S/C18H21N7O3/c1-4-10(9-19)24(2)17-21-13(15(20)26)14-16(23-17)25(18(27)22-14)11-6-5-7-12(8-11)28-3/h5-10,19H,4H2,1-3H3,(H2,20,26)(H,22,27)/t10-/m1/s1. The number of fused-ring (bicyclic) bond motifs is 1. The fraction of sp³-hybridized carbons (Fsp3) is 0.278. The molecule has 0 aliphatic carbocycles. The summed E-state index contributed by atoms with van der Waals surface area (Å²) >= 11 is 0. The SMILES string of the molecule is CC[C@H](C=N)N(C)c1nc(C(N)=O)c2[nH]c(=O)n(-c3cccc(OC)c3)c2n1. The molecule has 1 amide bonds. The number of methoxy groups -OCH3 is 1. The smallest absolute Gasteiger partial charge is 0.332 e. The molecule has 4 N–H and O–H groups in total. The molecule has 0 aliphatic rings. The Bertz CT molecular complexity index is 1100. The van der Waals surface area contributed by atoms with Crippen LogP contribution in [0.1, 0.15) is 23.8 Å². The van der Waals surface area contributed by atoms with Crippen molar-refractivity contribution in [3.05, 3.63) is 40.4 Å². The van der Waals surface area contributed by atoms with Gasteiger partial charge in [-0.25, -0.2) is 14.3 Å². The number of aromatic nitrogens is 4. The van der Waals surface area contributed by atoms with E-state index in [1.807, 2.05) is 6.92 Å². The topological polar surface area (TPSA) is 143 Å². The van der Waals surface area contributed by atoms with Gasteiger partial charge in [0.05, 0.1) is 18.8 Å². The highest BCUT2D eigenvalue weighted by molar-refractivity contribution is 6.02. The van der Waals surface area contributed by atoms with Crippen LogP contribution < -0.4 is 21.1 Å². The summed E-state index contributed by atoms with van der Waals surface area (Å²) < 4.78 is 6.55. The molecule has 3 aromatic rings. The average Bonchev–Trinajstić information content (AvgIpc) is 3.03. The second kappa shape index (κ2) is 7.51. The first-order valence-electron chi connectivity index (χ1n) is 8.61. The van der Waals surface area contributed by atoms with Crippen molar-refractivity contribution in [1.82, 2.24) is 19.5 Å². The lowest BCUT2D eigenvalue weighted by atomic mass is 10.2. The monoisotopic (exact) mass is 383 g/mol. The Morgan fingerprint density at radius 2 is 2.21 bits per heavy atom. The Morgan fingerprint density at radius 3 is 2.82 bits per heavy atom. The molecule has 0 radical (unpaired) electrons. The van der Waals surface area contributed by atoms with E-state index in [4.69, 9.17) is 15.9 Å². The number of amides is 1. The van der Waals surface area contributed by atoms with Crippen LogP contribution in [0.25, 0.3) is 16.9 Å². The number of anilines is 1. The first kappa shape index (κ1) is 19.1. The zero-order valence-corrected chi connectivity index (χ0v) is 15.8. The minimum Gasteiger partial charge on any atom is -0.497 e. The van der Waals surface area contributed by atoms with Gasteiger partial charge in [0.15, 0.2) is 11.3 Å². The van der Waals surface area contributed by atoms with Crippen LogP contribution in [-0.2, 0) is 0 Å². The van der Waals surface area contributed by atoms with Crippen LogP contribution >= 0.6 is 0 Å². The predicted octanol–water partition coefficient (Wildman–Crippen LogP) is 1.08. The molecule has 0 saturated carbocycles. The molecule has 3 rings (SSSR count). The summed E-state index contributed by atoms with van der Waals surface area (Å²) in [6.45, 7) is 1.92. The van der Waals surface area contributed by atoms with Crippen molar-refractivity contribution in [2.75, 3.05) is 19.1 Å². The number of primary amides is 1. The van der Waals surface area contributed by atoms with Crippen LogP contribution in [0.5, 0.6) is 5.75 Å². The van der Waals surface area contributed by atoms with Gasteiger partial charge in [0.25, 0.3) is 5.91 Å². The number of hydrogen-bond acceptors (Lipinski definition) is 7. The fourth-order valence-electron chi connectivity index (χ4n) is 2.95. The zero-order chi connectivity index (χ0) is 20.4. The maximum absolute atomic E-state index is 12.6. The van der Waals surface area contributed by atoms with Crippen LogP contribution in [0.4, 0.5) is 5.95 Å². The molecule has 0 bridgehead atoms. The number of ether oxygens (including phenoxy) is 1. The van der Waals surface area contributed by atoms with E-state index in [2.05, 4.69) is 15.0 Å². The Balaban J connectivity index is 2.31. The van der Waals surface area contributed by atoms with Crippen molar-refractivity contribution in [2.24, 2.45) is 5.73 Å². The van der Waals surface area contributed by atoms with Gasteiger partial charge in [-0.3, -0.25) is 4.79 Å². The number of nitrogens with two attached hydrogens (primary N) is 1.